The zero-order chi connectivity index (χ0) is 18.5. The van der Waals surface area contributed by atoms with E-state index in [-0.39, 0.29) is 0 Å². The molecule has 6 nitrogen and oxygen atoms in total. The Labute approximate surface area is 155 Å². The van der Waals surface area contributed by atoms with Gasteiger partial charge in [-0.1, -0.05) is 5.16 Å². The maximum atomic E-state index is 9.71. The number of rotatable bonds is 3. The molecule has 0 amide bonds. The smallest absolute Gasteiger partial charge is 0.258 e. The van der Waals surface area contributed by atoms with Crippen molar-refractivity contribution in [3.63, 3.8) is 0 Å². The van der Waals surface area contributed by atoms with E-state index in [1.54, 1.807) is 6.20 Å². The summed E-state index contributed by atoms with van der Waals surface area (Å²) in [4.78, 5) is 4.56. The third-order valence-corrected chi connectivity index (χ3v) is 4.88. The van der Waals surface area contributed by atoms with Crippen molar-refractivity contribution in [3.05, 3.63) is 60.9 Å². The van der Waals surface area contributed by atoms with E-state index in [1.807, 2.05) is 30.3 Å². The normalized spacial score (nSPS) is 11.8. The van der Waals surface area contributed by atoms with Crippen molar-refractivity contribution in [3.8, 4) is 22.8 Å². The molecule has 0 unspecified atom stereocenters. The van der Waals surface area contributed by atoms with Crippen molar-refractivity contribution in [2.75, 3.05) is 0 Å². The quantitative estimate of drug-likeness (QED) is 0.454. The highest BCUT2D eigenvalue weighted by atomic mass is 16.5. The Morgan fingerprint density at radius 1 is 0.889 bits per heavy atom. The van der Waals surface area contributed by atoms with Crippen LogP contribution in [0.1, 0.15) is 19.9 Å². The summed E-state index contributed by atoms with van der Waals surface area (Å²) in [5.41, 5.74) is 3.66. The average molecular weight is 358 g/mol. The van der Waals surface area contributed by atoms with Gasteiger partial charge in [0.1, 0.15) is 0 Å². The standard InChI is InChI=1S/C21H18N4O2/c1-13(2)24-9-7-14-12-17(4-5-18(14)24)21-22-20(23-27-21)16-3-6-19-15(11-16)8-10-25(19)26/h3-13,26H,1-2H3. The fraction of sp³-hybridized carbons (Fsp3) is 0.143. The SMILES string of the molecule is CC(C)n1ccc2cc(-c3nc(-c4ccc5c(ccn5O)c4)no3)ccc21. The molecule has 27 heavy (non-hydrogen) atoms. The minimum atomic E-state index is 0.409. The molecule has 1 N–H and O–H groups in total. The van der Waals surface area contributed by atoms with Gasteiger partial charge in [0.15, 0.2) is 0 Å². The molecule has 0 aliphatic heterocycles. The van der Waals surface area contributed by atoms with Crippen LogP contribution in [0.5, 0.6) is 0 Å². The number of aromatic nitrogens is 4. The summed E-state index contributed by atoms with van der Waals surface area (Å²) < 4.78 is 8.84. The first-order valence-electron chi connectivity index (χ1n) is 8.85. The zero-order valence-electron chi connectivity index (χ0n) is 15.0. The third-order valence-electron chi connectivity index (χ3n) is 4.88. The second kappa shape index (κ2) is 5.74. The van der Waals surface area contributed by atoms with Crippen LogP contribution in [0.15, 0.2) is 65.4 Å². The Hall–Kier alpha value is -3.54. The molecule has 134 valence electrons. The fourth-order valence-corrected chi connectivity index (χ4v) is 3.47. The van der Waals surface area contributed by atoms with Crippen LogP contribution >= 0.6 is 0 Å². The van der Waals surface area contributed by atoms with Crippen LogP contribution in [0.2, 0.25) is 0 Å². The monoisotopic (exact) mass is 358 g/mol. The molecule has 3 heterocycles. The number of nitrogens with zero attached hydrogens (tertiary/aromatic N) is 4. The van der Waals surface area contributed by atoms with E-state index in [4.69, 9.17) is 4.52 Å². The summed E-state index contributed by atoms with van der Waals surface area (Å²) >= 11 is 0. The van der Waals surface area contributed by atoms with Crippen LogP contribution < -0.4 is 0 Å². The third kappa shape index (κ3) is 2.49. The number of fused-ring (bicyclic) bond motifs is 2. The first kappa shape index (κ1) is 15.7. The molecule has 0 aliphatic rings. The summed E-state index contributed by atoms with van der Waals surface area (Å²) in [6.07, 6.45) is 3.70. The lowest BCUT2D eigenvalue weighted by atomic mass is 10.1. The second-order valence-electron chi connectivity index (χ2n) is 6.95. The minimum absolute atomic E-state index is 0.409. The van der Waals surface area contributed by atoms with E-state index in [0.717, 1.165) is 32.1 Å². The van der Waals surface area contributed by atoms with Crippen LogP contribution in [0.4, 0.5) is 0 Å². The molecule has 5 rings (SSSR count). The summed E-state index contributed by atoms with van der Waals surface area (Å²) in [5.74, 6) is 1.02. The van der Waals surface area contributed by atoms with E-state index in [0.29, 0.717) is 17.8 Å². The molecule has 0 fully saturated rings. The van der Waals surface area contributed by atoms with Gasteiger partial charge in [-0.2, -0.15) is 9.71 Å². The summed E-state index contributed by atoms with van der Waals surface area (Å²) in [5, 5.41) is 15.9. The highest BCUT2D eigenvalue weighted by Crippen LogP contribution is 2.28. The molecule has 0 radical (unpaired) electrons. The van der Waals surface area contributed by atoms with Gasteiger partial charge in [0.05, 0.1) is 5.52 Å². The van der Waals surface area contributed by atoms with Crippen LogP contribution in [0, 0.1) is 0 Å². The van der Waals surface area contributed by atoms with E-state index < -0.39 is 0 Å². The lowest BCUT2D eigenvalue weighted by Crippen LogP contribution is -1.97. The Bertz CT molecular complexity index is 1280. The Morgan fingerprint density at radius 3 is 2.44 bits per heavy atom. The first-order chi connectivity index (χ1) is 13.1. The van der Waals surface area contributed by atoms with Gasteiger partial charge in [0, 0.05) is 45.9 Å². The molecule has 6 heteroatoms. The van der Waals surface area contributed by atoms with Crippen molar-refractivity contribution in [2.24, 2.45) is 0 Å². The maximum absolute atomic E-state index is 9.71. The summed E-state index contributed by atoms with van der Waals surface area (Å²) in [7, 11) is 0. The molecule has 0 spiro atoms. The molecule has 2 aromatic carbocycles. The molecule has 0 bridgehead atoms. The number of hydrogen-bond acceptors (Lipinski definition) is 4. The van der Waals surface area contributed by atoms with Crippen molar-refractivity contribution in [2.45, 2.75) is 19.9 Å². The highest BCUT2D eigenvalue weighted by Gasteiger charge is 2.13. The maximum Gasteiger partial charge on any atom is 0.258 e. The van der Waals surface area contributed by atoms with Gasteiger partial charge >= 0.3 is 0 Å². The largest absolute Gasteiger partial charge is 0.428 e. The van der Waals surface area contributed by atoms with Crippen molar-refractivity contribution in [1.82, 2.24) is 19.4 Å². The zero-order valence-corrected chi connectivity index (χ0v) is 15.0. The molecule has 0 saturated heterocycles. The topological polar surface area (TPSA) is 69.0 Å². The van der Waals surface area contributed by atoms with Gasteiger partial charge in [-0.15, -0.1) is 0 Å². The van der Waals surface area contributed by atoms with Crippen LogP contribution in [0.25, 0.3) is 44.6 Å². The number of benzene rings is 2. The van der Waals surface area contributed by atoms with Crippen molar-refractivity contribution in [1.29, 1.82) is 0 Å². The molecule has 0 aliphatic carbocycles. The van der Waals surface area contributed by atoms with Crippen molar-refractivity contribution >= 4 is 21.8 Å². The van der Waals surface area contributed by atoms with Crippen LogP contribution in [-0.4, -0.2) is 24.6 Å². The van der Waals surface area contributed by atoms with Crippen LogP contribution in [-0.2, 0) is 0 Å². The molecule has 5 aromatic rings. The first-order valence-corrected chi connectivity index (χ1v) is 8.85. The van der Waals surface area contributed by atoms with Gasteiger partial charge in [0.2, 0.25) is 5.82 Å². The van der Waals surface area contributed by atoms with Crippen molar-refractivity contribution < 1.29 is 9.73 Å². The van der Waals surface area contributed by atoms with Gasteiger partial charge in [-0.05, 0) is 62.4 Å². The van der Waals surface area contributed by atoms with Gasteiger partial charge < -0.3 is 14.3 Å². The molecule has 0 atom stereocenters. The number of hydrogen-bond donors (Lipinski definition) is 1. The predicted octanol–water partition coefficient (Wildman–Crippen LogP) is 5.13. The van der Waals surface area contributed by atoms with E-state index in [1.165, 1.54) is 5.52 Å². The summed E-state index contributed by atoms with van der Waals surface area (Å²) in [6.45, 7) is 4.33. The van der Waals surface area contributed by atoms with Gasteiger partial charge in [-0.25, -0.2) is 0 Å². The molecular weight excluding hydrogens is 340 g/mol. The van der Waals surface area contributed by atoms with Crippen LogP contribution in [0.3, 0.4) is 0 Å². The molecule has 3 aromatic heterocycles. The average Bonchev–Trinajstić information content (AvgIpc) is 3.39. The molecule has 0 saturated carbocycles. The fourth-order valence-electron chi connectivity index (χ4n) is 3.47. The lowest BCUT2D eigenvalue weighted by molar-refractivity contribution is 0.200. The lowest BCUT2D eigenvalue weighted by Gasteiger charge is -2.09. The Kier molecular flexibility index (Phi) is 3.33. The summed E-state index contributed by atoms with van der Waals surface area (Å²) in [6, 6.07) is 16.2. The second-order valence-corrected chi connectivity index (χ2v) is 6.95. The highest BCUT2D eigenvalue weighted by molar-refractivity contribution is 5.86. The Balaban J connectivity index is 1.53. The predicted molar refractivity (Wildman–Crippen MR) is 104 cm³/mol. The van der Waals surface area contributed by atoms with Gasteiger partial charge in [-0.3, -0.25) is 0 Å². The van der Waals surface area contributed by atoms with E-state index in [2.05, 4.69) is 53.0 Å². The van der Waals surface area contributed by atoms with E-state index in [9.17, 15) is 5.21 Å². The minimum Gasteiger partial charge on any atom is -0.428 e. The van der Waals surface area contributed by atoms with E-state index >= 15 is 0 Å². The Morgan fingerprint density at radius 2 is 1.59 bits per heavy atom. The molecular formula is C21H18N4O2. The van der Waals surface area contributed by atoms with Gasteiger partial charge in [0.25, 0.3) is 5.89 Å².